The fourth-order valence-electron chi connectivity index (χ4n) is 4.86. The van der Waals surface area contributed by atoms with E-state index in [1.165, 1.54) is 17.7 Å². The standard InChI is InChI=1S/C26H32F2O3/c1-29-14-2-3-18-16-30-26(31-17-18)22-10-8-20(9-11-22)19-4-6-21(7-5-19)23-12-13-24(27)25(28)15-23/h4-7,12-13,15,18,20,22,26H,2-3,8-11,14,16-17H2,1H3/t18-,20-,22-,26-. The monoisotopic (exact) mass is 430 g/mol. The molecule has 4 rings (SSSR count). The van der Waals surface area contributed by atoms with E-state index in [4.69, 9.17) is 14.2 Å². The van der Waals surface area contributed by atoms with Crippen molar-refractivity contribution in [2.24, 2.45) is 11.8 Å². The van der Waals surface area contributed by atoms with Gasteiger partial charge in [-0.15, -0.1) is 0 Å². The van der Waals surface area contributed by atoms with Gasteiger partial charge < -0.3 is 14.2 Å². The molecular weight excluding hydrogens is 398 g/mol. The summed E-state index contributed by atoms with van der Waals surface area (Å²) in [5, 5.41) is 0. The van der Waals surface area contributed by atoms with Crippen LogP contribution in [0.1, 0.15) is 50.0 Å². The van der Waals surface area contributed by atoms with Gasteiger partial charge >= 0.3 is 0 Å². The van der Waals surface area contributed by atoms with Crippen molar-refractivity contribution in [2.75, 3.05) is 26.9 Å². The van der Waals surface area contributed by atoms with Crippen LogP contribution >= 0.6 is 0 Å². The van der Waals surface area contributed by atoms with Crippen LogP contribution in [0.2, 0.25) is 0 Å². The van der Waals surface area contributed by atoms with E-state index in [1.807, 2.05) is 12.1 Å². The minimum absolute atomic E-state index is 0.0598. The summed E-state index contributed by atoms with van der Waals surface area (Å²) in [4.78, 5) is 0. The number of benzene rings is 2. The Morgan fingerprint density at radius 1 is 0.871 bits per heavy atom. The highest BCUT2D eigenvalue weighted by atomic mass is 19.2. The number of ether oxygens (including phenoxy) is 3. The van der Waals surface area contributed by atoms with E-state index in [0.29, 0.717) is 23.3 Å². The molecule has 0 aromatic heterocycles. The van der Waals surface area contributed by atoms with Gasteiger partial charge in [0, 0.05) is 25.6 Å². The van der Waals surface area contributed by atoms with E-state index >= 15 is 0 Å². The molecular formula is C26H32F2O3. The van der Waals surface area contributed by atoms with Crippen molar-refractivity contribution >= 4 is 0 Å². The first-order valence-electron chi connectivity index (χ1n) is 11.4. The zero-order valence-electron chi connectivity index (χ0n) is 18.2. The van der Waals surface area contributed by atoms with Crippen LogP contribution in [0.5, 0.6) is 0 Å². The third-order valence-corrected chi connectivity index (χ3v) is 6.74. The molecule has 2 fully saturated rings. The van der Waals surface area contributed by atoms with Gasteiger partial charge in [0.15, 0.2) is 17.9 Å². The lowest BCUT2D eigenvalue weighted by molar-refractivity contribution is -0.229. The Balaban J connectivity index is 1.26. The first-order chi connectivity index (χ1) is 15.1. The van der Waals surface area contributed by atoms with Crippen molar-refractivity contribution in [1.82, 2.24) is 0 Å². The Morgan fingerprint density at radius 2 is 1.55 bits per heavy atom. The van der Waals surface area contributed by atoms with Crippen LogP contribution in [0, 0.1) is 23.5 Å². The lowest BCUT2D eigenvalue weighted by Gasteiger charge is -2.37. The lowest BCUT2D eigenvalue weighted by Crippen LogP contribution is -2.38. The van der Waals surface area contributed by atoms with Gasteiger partial charge in [0.05, 0.1) is 13.2 Å². The second-order valence-electron chi connectivity index (χ2n) is 8.90. The molecule has 31 heavy (non-hydrogen) atoms. The summed E-state index contributed by atoms with van der Waals surface area (Å²) in [6.45, 7) is 2.38. The Hall–Kier alpha value is -1.82. The van der Waals surface area contributed by atoms with E-state index in [2.05, 4.69) is 12.1 Å². The largest absolute Gasteiger partial charge is 0.385 e. The Labute approximate surface area is 183 Å². The average Bonchev–Trinajstić information content (AvgIpc) is 2.82. The molecule has 0 bridgehead atoms. The van der Waals surface area contributed by atoms with Crippen molar-refractivity contribution in [2.45, 2.75) is 50.7 Å². The Bertz CT molecular complexity index is 823. The molecule has 1 heterocycles. The molecule has 2 aromatic rings. The number of hydrogen-bond donors (Lipinski definition) is 0. The predicted octanol–water partition coefficient (Wildman–Crippen LogP) is 6.32. The highest BCUT2D eigenvalue weighted by Crippen LogP contribution is 2.39. The van der Waals surface area contributed by atoms with Crippen LogP contribution < -0.4 is 0 Å². The van der Waals surface area contributed by atoms with Gasteiger partial charge in [-0.1, -0.05) is 30.3 Å². The second-order valence-corrected chi connectivity index (χ2v) is 8.90. The molecule has 0 amide bonds. The maximum absolute atomic E-state index is 13.5. The van der Waals surface area contributed by atoms with Crippen LogP contribution in [0.4, 0.5) is 8.78 Å². The zero-order valence-corrected chi connectivity index (χ0v) is 18.2. The molecule has 0 atom stereocenters. The number of hydrogen-bond acceptors (Lipinski definition) is 3. The van der Waals surface area contributed by atoms with Crippen molar-refractivity contribution in [3.05, 3.63) is 59.7 Å². The van der Waals surface area contributed by atoms with E-state index in [1.54, 1.807) is 13.2 Å². The predicted molar refractivity (Wildman–Crippen MR) is 117 cm³/mol. The van der Waals surface area contributed by atoms with Crippen molar-refractivity contribution in [3.8, 4) is 11.1 Å². The minimum Gasteiger partial charge on any atom is -0.385 e. The normalized spacial score (nSPS) is 26.7. The Morgan fingerprint density at radius 3 is 2.19 bits per heavy atom. The summed E-state index contributed by atoms with van der Waals surface area (Å²) in [7, 11) is 1.74. The number of halogens is 2. The van der Waals surface area contributed by atoms with Crippen LogP contribution in [0.25, 0.3) is 11.1 Å². The molecule has 1 aliphatic heterocycles. The minimum atomic E-state index is -0.815. The van der Waals surface area contributed by atoms with Crippen molar-refractivity contribution in [1.29, 1.82) is 0 Å². The highest BCUT2D eigenvalue weighted by molar-refractivity contribution is 5.63. The van der Waals surface area contributed by atoms with Gasteiger partial charge in [-0.3, -0.25) is 0 Å². The number of rotatable bonds is 7. The maximum Gasteiger partial charge on any atom is 0.160 e. The molecule has 2 aromatic carbocycles. The summed E-state index contributed by atoms with van der Waals surface area (Å²) >= 11 is 0. The first-order valence-corrected chi connectivity index (χ1v) is 11.4. The van der Waals surface area contributed by atoms with E-state index < -0.39 is 11.6 Å². The van der Waals surface area contributed by atoms with E-state index in [-0.39, 0.29) is 6.29 Å². The quantitative estimate of drug-likeness (QED) is 0.481. The smallest absolute Gasteiger partial charge is 0.160 e. The fraction of sp³-hybridized carbons (Fsp3) is 0.538. The number of methoxy groups -OCH3 is 1. The topological polar surface area (TPSA) is 27.7 Å². The molecule has 0 radical (unpaired) electrons. The van der Waals surface area contributed by atoms with Crippen molar-refractivity contribution in [3.63, 3.8) is 0 Å². The van der Waals surface area contributed by atoms with Gasteiger partial charge in [0.25, 0.3) is 0 Å². The van der Waals surface area contributed by atoms with Gasteiger partial charge in [-0.2, -0.15) is 0 Å². The summed E-state index contributed by atoms with van der Waals surface area (Å²) in [6.07, 6.45) is 6.54. The Kier molecular flexibility index (Phi) is 7.70. The van der Waals surface area contributed by atoms with Gasteiger partial charge in [-0.05, 0) is 73.3 Å². The molecule has 0 unspecified atom stereocenters. The summed E-state index contributed by atoms with van der Waals surface area (Å²) in [5.41, 5.74) is 2.91. The van der Waals surface area contributed by atoms with Crippen LogP contribution in [-0.2, 0) is 14.2 Å². The van der Waals surface area contributed by atoms with Crippen LogP contribution in [0.3, 0.4) is 0 Å². The molecule has 2 aliphatic rings. The SMILES string of the molecule is COCCC[C@H]1CO[C@H]([C@H]2CC[C@H](c3ccc(-c4ccc(F)c(F)c4)cc3)CC2)OC1. The van der Waals surface area contributed by atoms with Gasteiger partial charge in [-0.25, -0.2) is 8.78 Å². The second kappa shape index (κ2) is 10.7. The van der Waals surface area contributed by atoms with Crippen LogP contribution in [0.15, 0.2) is 42.5 Å². The molecule has 1 saturated heterocycles. The third-order valence-electron chi connectivity index (χ3n) is 6.74. The van der Waals surface area contributed by atoms with Gasteiger partial charge in [0.2, 0.25) is 0 Å². The molecule has 168 valence electrons. The summed E-state index contributed by atoms with van der Waals surface area (Å²) in [5.74, 6) is -0.146. The van der Waals surface area contributed by atoms with Crippen LogP contribution in [-0.4, -0.2) is 33.2 Å². The maximum atomic E-state index is 13.5. The molecule has 0 N–H and O–H groups in total. The first kappa shape index (κ1) is 22.4. The average molecular weight is 431 g/mol. The van der Waals surface area contributed by atoms with Crippen molar-refractivity contribution < 1.29 is 23.0 Å². The van der Waals surface area contributed by atoms with E-state index in [9.17, 15) is 8.78 Å². The third kappa shape index (κ3) is 5.71. The van der Waals surface area contributed by atoms with Gasteiger partial charge in [0.1, 0.15) is 0 Å². The van der Waals surface area contributed by atoms with E-state index in [0.717, 1.165) is 63.9 Å². The fourth-order valence-corrected chi connectivity index (χ4v) is 4.86. The lowest BCUT2D eigenvalue weighted by atomic mass is 9.78. The molecule has 5 heteroatoms. The summed E-state index contributed by atoms with van der Waals surface area (Å²) in [6, 6.07) is 12.3. The molecule has 3 nitrogen and oxygen atoms in total. The zero-order chi connectivity index (χ0) is 21.6. The molecule has 1 aliphatic carbocycles. The summed E-state index contributed by atoms with van der Waals surface area (Å²) < 4.78 is 43.9. The molecule has 0 spiro atoms. The molecule has 1 saturated carbocycles. The highest BCUT2D eigenvalue weighted by Gasteiger charge is 2.32.